The van der Waals surface area contributed by atoms with Crippen LogP contribution in [0.4, 0.5) is 20.2 Å². The number of rotatable bonds is 6. The van der Waals surface area contributed by atoms with E-state index in [9.17, 15) is 13.6 Å². The lowest BCUT2D eigenvalue weighted by Crippen LogP contribution is -2.52. The third-order valence-corrected chi connectivity index (χ3v) is 5.46. The third kappa shape index (κ3) is 4.50. The first kappa shape index (κ1) is 21.0. The zero-order valence-electron chi connectivity index (χ0n) is 16.9. The number of amides is 1. The number of nitrogens with two attached hydrogens (primary N) is 1. The zero-order chi connectivity index (χ0) is 21.0. The molecule has 0 spiro atoms. The molecule has 1 unspecified atom stereocenters. The van der Waals surface area contributed by atoms with Crippen molar-refractivity contribution in [3.63, 3.8) is 0 Å². The van der Waals surface area contributed by atoms with Crippen LogP contribution in [0.2, 0.25) is 0 Å². The van der Waals surface area contributed by atoms with Crippen LogP contribution in [0.15, 0.2) is 42.5 Å². The second-order valence-electron chi connectivity index (χ2n) is 7.18. The summed E-state index contributed by atoms with van der Waals surface area (Å²) < 4.78 is 28.6. The van der Waals surface area contributed by atoms with Gasteiger partial charge in [-0.1, -0.05) is 30.3 Å². The maximum atomic E-state index is 14.3. The van der Waals surface area contributed by atoms with E-state index in [0.717, 1.165) is 17.7 Å². The van der Waals surface area contributed by atoms with Crippen LogP contribution in [0, 0.1) is 11.6 Å². The number of carbonyl (C=O) groups is 1. The molecule has 2 aromatic carbocycles. The van der Waals surface area contributed by atoms with Crippen LogP contribution >= 0.6 is 0 Å². The summed E-state index contributed by atoms with van der Waals surface area (Å²) >= 11 is 0. The number of piperazine rings is 1. The van der Waals surface area contributed by atoms with Gasteiger partial charge >= 0.3 is 0 Å². The minimum atomic E-state index is -0.658. The highest BCUT2D eigenvalue weighted by atomic mass is 19.1. The molecule has 7 heteroatoms. The Morgan fingerprint density at radius 1 is 1.03 bits per heavy atom. The first-order valence-corrected chi connectivity index (χ1v) is 10.0. The quantitative estimate of drug-likeness (QED) is 0.754. The van der Waals surface area contributed by atoms with E-state index in [1.807, 2.05) is 49.1 Å². The average Bonchev–Trinajstić information content (AvgIpc) is 2.70. The molecule has 1 saturated heterocycles. The molecular weight excluding hydrogens is 374 g/mol. The van der Waals surface area contributed by atoms with E-state index >= 15 is 0 Å². The fourth-order valence-electron chi connectivity index (χ4n) is 3.94. The summed E-state index contributed by atoms with van der Waals surface area (Å²) in [5.41, 5.74) is 6.47. The number of anilines is 2. The van der Waals surface area contributed by atoms with Crippen LogP contribution in [0.1, 0.15) is 25.5 Å². The van der Waals surface area contributed by atoms with Gasteiger partial charge in [0.1, 0.15) is 11.7 Å². The molecule has 0 aliphatic carbocycles. The molecule has 1 amide bonds. The normalized spacial score (nSPS) is 15.9. The van der Waals surface area contributed by atoms with Crippen LogP contribution in [0.3, 0.4) is 0 Å². The summed E-state index contributed by atoms with van der Waals surface area (Å²) in [7, 11) is 0. The van der Waals surface area contributed by atoms with E-state index < -0.39 is 17.7 Å². The Bertz CT molecular complexity index is 811. The lowest BCUT2D eigenvalue weighted by atomic mass is 10.0. The lowest BCUT2D eigenvalue weighted by molar-refractivity contribution is -0.137. The van der Waals surface area contributed by atoms with Gasteiger partial charge in [-0.25, -0.2) is 8.78 Å². The van der Waals surface area contributed by atoms with Gasteiger partial charge in [-0.05, 0) is 31.5 Å². The van der Waals surface area contributed by atoms with E-state index in [1.165, 1.54) is 0 Å². The first-order valence-electron chi connectivity index (χ1n) is 10.0. The second-order valence-corrected chi connectivity index (χ2v) is 7.18. The molecule has 1 fully saturated rings. The Morgan fingerprint density at radius 2 is 1.59 bits per heavy atom. The molecule has 1 aliphatic rings. The SMILES string of the molecule is CCN(CC)C(=O)C(c1ccccc1)N1CCN(c2c(F)cc(N)cc2F)CC1. The molecule has 0 aromatic heterocycles. The van der Waals surface area contributed by atoms with Crippen molar-refractivity contribution in [1.82, 2.24) is 9.80 Å². The smallest absolute Gasteiger partial charge is 0.244 e. The molecule has 2 aromatic rings. The van der Waals surface area contributed by atoms with Crippen molar-refractivity contribution in [1.29, 1.82) is 0 Å². The van der Waals surface area contributed by atoms with Crippen molar-refractivity contribution in [3.05, 3.63) is 59.7 Å². The summed E-state index contributed by atoms with van der Waals surface area (Å²) in [6.07, 6.45) is 0. The summed E-state index contributed by atoms with van der Waals surface area (Å²) in [5.74, 6) is -1.26. The molecule has 1 heterocycles. The van der Waals surface area contributed by atoms with E-state index in [0.29, 0.717) is 39.3 Å². The summed E-state index contributed by atoms with van der Waals surface area (Å²) in [6.45, 7) is 7.11. The van der Waals surface area contributed by atoms with Gasteiger partial charge in [-0.2, -0.15) is 0 Å². The third-order valence-electron chi connectivity index (χ3n) is 5.46. The van der Waals surface area contributed by atoms with Gasteiger partial charge in [0.05, 0.1) is 0 Å². The Balaban J connectivity index is 1.81. The molecule has 29 heavy (non-hydrogen) atoms. The van der Waals surface area contributed by atoms with E-state index in [4.69, 9.17) is 5.73 Å². The van der Waals surface area contributed by atoms with Crippen LogP contribution in [-0.2, 0) is 4.79 Å². The predicted octanol–water partition coefficient (Wildman–Crippen LogP) is 3.28. The Hall–Kier alpha value is -2.67. The van der Waals surface area contributed by atoms with Gasteiger partial charge in [0.2, 0.25) is 5.91 Å². The van der Waals surface area contributed by atoms with Crippen molar-refractivity contribution < 1.29 is 13.6 Å². The van der Waals surface area contributed by atoms with Crippen molar-refractivity contribution in [2.75, 3.05) is 49.9 Å². The molecule has 5 nitrogen and oxygen atoms in total. The number of carbonyl (C=O) groups excluding carboxylic acids is 1. The van der Waals surface area contributed by atoms with E-state index in [-0.39, 0.29) is 17.3 Å². The molecule has 156 valence electrons. The summed E-state index contributed by atoms with van der Waals surface area (Å²) in [5, 5.41) is 0. The standard InChI is InChI=1S/C22H28F2N4O/c1-3-26(4-2)22(29)20(16-8-6-5-7-9-16)27-10-12-28(13-11-27)21-18(23)14-17(25)15-19(21)24/h5-9,14-15,20H,3-4,10-13,25H2,1-2H3. The number of likely N-dealkylation sites (N-methyl/N-ethyl adjacent to an activating group) is 1. The molecule has 3 rings (SSSR count). The van der Waals surface area contributed by atoms with Crippen LogP contribution in [0.5, 0.6) is 0 Å². The largest absolute Gasteiger partial charge is 0.399 e. The number of benzene rings is 2. The highest BCUT2D eigenvalue weighted by Crippen LogP contribution is 2.30. The Kier molecular flexibility index (Phi) is 6.69. The topological polar surface area (TPSA) is 52.8 Å². The maximum Gasteiger partial charge on any atom is 0.244 e. The average molecular weight is 402 g/mol. The molecule has 1 aliphatic heterocycles. The molecule has 0 saturated carbocycles. The minimum absolute atomic E-state index is 0.0508. The van der Waals surface area contributed by atoms with Gasteiger partial charge in [-0.15, -0.1) is 0 Å². The zero-order valence-corrected chi connectivity index (χ0v) is 16.9. The monoisotopic (exact) mass is 402 g/mol. The van der Waals surface area contributed by atoms with Crippen LogP contribution < -0.4 is 10.6 Å². The van der Waals surface area contributed by atoms with Crippen molar-refractivity contribution in [2.45, 2.75) is 19.9 Å². The van der Waals surface area contributed by atoms with Gasteiger partial charge in [0, 0.05) is 45.0 Å². The first-order chi connectivity index (χ1) is 14.0. The van der Waals surface area contributed by atoms with Gasteiger partial charge < -0.3 is 15.5 Å². The molecule has 0 bridgehead atoms. The number of hydrogen-bond donors (Lipinski definition) is 1. The molecular formula is C22H28F2N4O. The molecule has 0 radical (unpaired) electrons. The minimum Gasteiger partial charge on any atom is -0.399 e. The van der Waals surface area contributed by atoms with Crippen molar-refractivity contribution in [3.8, 4) is 0 Å². The van der Waals surface area contributed by atoms with Gasteiger partial charge in [-0.3, -0.25) is 9.69 Å². The van der Waals surface area contributed by atoms with Gasteiger partial charge in [0.15, 0.2) is 11.6 Å². The fraction of sp³-hybridized carbons (Fsp3) is 0.409. The second kappa shape index (κ2) is 9.22. The van der Waals surface area contributed by atoms with E-state index in [2.05, 4.69) is 4.90 Å². The highest BCUT2D eigenvalue weighted by molar-refractivity contribution is 5.83. The number of hydrogen-bond acceptors (Lipinski definition) is 4. The number of halogens is 2. The Labute approximate surface area is 170 Å². The Morgan fingerprint density at radius 3 is 2.10 bits per heavy atom. The fourth-order valence-corrected chi connectivity index (χ4v) is 3.94. The van der Waals surface area contributed by atoms with Crippen molar-refractivity contribution >= 4 is 17.3 Å². The molecule has 2 N–H and O–H groups in total. The number of nitrogens with zero attached hydrogens (tertiary/aromatic N) is 3. The number of nitrogen functional groups attached to an aromatic ring is 1. The van der Waals surface area contributed by atoms with Gasteiger partial charge in [0.25, 0.3) is 0 Å². The lowest BCUT2D eigenvalue weighted by Gasteiger charge is -2.41. The van der Waals surface area contributed by atoms with Crippen LogP contribution in [-0.4, -0.2) is 55.0 Å². The predicted molar refractivity (Wildman–Crippen MR) is 112 cm³/mol. The highest BCUT2D eigenvalue weighted by Gasteiger charge is 2.33. The van der Waals surface area contributed by atoms with Crippen LogP contribution in [0.25, 0.3) is 0 Å². The van der Waals surface area contributed by atoms with E-state index in [1.54, 1.807) is 4.90 Å². The summed E-state index contributed by atoms with van der Waals surface area (Å²) in [4.78, 5) is 18.8. The summed E-state index contributed by atoms with van der Waals surface area (Å²) in [6, 6.07) is 11.6. The van der Waals surface area contributed by atoms with Crippen molar-refractivity contribution in [2.24, 2.45) is 0 Å². The maximum absolute atomic E-state index is 14.3. The molecule has 1 atom stereocenters.